The molecule has 0 bridgehead atoms. The molecule has 2 nitrogen and oxygen atoms in total. The fraction of sp³-hybridized carbons (Fsp3) is 0. The quantitative estimate of drug-likeness (QED) is 0.210. The van der Waals surface area contributed by atoms with E-state index in [9.17, 15) is 0 Å². The van der Waals surface area contributed by atoms with E-state index in [1.54, 1.807) is 0 Å². The summed E-state index contributed by atoms with van der Waals surface area (Å²) in [7, 11) is 0. The molecule has 0 aliphatic carbocycles. The maximum absolute atomic E-state index is 6.50. The zero-order valence-electron chi connectivity index (χ0n) is 22.7. The molecule has 0 spiro atoms. The molecule has 0 fully saturated rings. The van der Waals surface area contributed by atoms with Gasteiger partial charge in [-0.25, -0.2) is 0 Å². The van der Waals surface area contributed by atoms with Crippen LogP contribution < -0.4 is 0 Å². The maximum Gasteiger partial charge on any atom is 0.147 e. The summed E-state index contributed by atoms with van der Waals surface area (Å²) in [4.78, 5) is 0. The van der Waals surface area contributed by atoms with Gasteiger partial charge in [-0.3, -0.25) is 0 Å². The van der Waals surface area contributed by atoms with Gasteiger partial charge in [-0.15, -0.1) is 0 Å². The number of para-hydroxylation sites is 1. The second kappa shape index (κ2) is 8.95. The Bertz CT molecular complexity index is 2400. The van der Waals surface area contributed by atoms with E-state index in [0.717, 1.165) is 44.0 Å². The van der Waals surface area contributed by atoms with Crippen LogP contribution in [0.2, 0.25) is 0 Å². The Morgan fingerprint density at radius 3 is 1.71 bits per heavy atom. The van der Waals surface area contributed by atoms with Gasteiger partial charge >= 0.3 is 0 Å². The SMILES string of the molecule is c1ccc(-c2cccc(-c3c4ccccc4c(-c4coc5ccc6c7ccccc7oc6c45)c4ccccc34)c2)cc1. The Balaban J connectivity index is 1.39. The summed E-state index contributed by atoms with van der Waals surface area (Å²) >= 11 is 0. The Morgan fingerprint density at radius 2 is 0.976 bits per heavy atom. The molecule has 0 N–H and O–H groups in total. The Kier molecular flexibility index (Phi) is 4.93. The van der Waals surface area contributed by atoms with Crippen molar-refractivity contribution in [2.24, 2.45) is 0 Å². The average Bonchev–Trinajstić information content (AvgIpc) is 3.65. The van der Waals surface area contributed by atoms with Crippen LogP contribution in [0, 0.1) is 0 Å². The first-order valence-corrected chi connectivity index (χ1v) is 14.3. The van der Waals surface area contributed by atoms with Crippen molar-refractivity contribution in [3.8, 4) is 33.4 Å². The highest BCUT2D eigenvalue weighted by Gasteiger charge is 2.22. The molecule has 0 radical (unpaired) electrons. The van der Waals surface area contributed by atoms with E-state index < -0.39 is 0 Å². The van der Waals surface area contributed by atoms with E-state index >= 15 is 0 Å². The fourth-order valence-electron chi connectivity index (χ4n) is 6.70. The van der Waals surface area contributed by atoms with E-state index in [0.29, 0.717) is 0 Å². The molecule has 42 heavy (non-hydrogen) atoms. The highest BCUT2D eigenvalue weighted by molar-refractivity contribution is 6.26. The van der Waals surface area contributed by atoms with Crippen LogP contribution in [0.1, 0.15) is 0 Å². The van der Waals surface area contributed by atoms with E-state index in [-0.39, 0.29) is 0 Å². The predicted octanol–water partition coefficient (Wildman–Crippen LogP) is 11.6. The van der Waals surface area contributed by atoms with Gasteiger partial charge in [0, 0.05) is 21.9 Å². The van der Waals surface area contributed by atoms with Gasteiger partial charge in [-0.1, -0.05) is 115 Å². The average molecular weight is 537 g/mol. The summed E-state index contributed by atoms with van der Waals surface area (Å²) in [5.41, 5.74) is 9.65. The molecule has 7 aromatic carbocycles. The lowest BCUT2D eigenvalue weighted by Crippen LogP contribution is -1.91. The Hall–Kier alpha value is -5.60. The predicted molar refractivity (Wildman–Crippen MR) is 175 cm³/mol. The number of fused-ring (bicyclic) bond motifs is 7. The summed E-state index contributed by atoms with van der Waals surface area (Å²) < 4.78 is 12.7. The normalized spacial score (nSPS) is 11.8. The van der Waals surface area contributed by atoms with E-state index in [1.165, 1.54) is 43.8 Å². The first-order valence-electron chi connectivity index (χ1n) is 14.3. The molecule has 2 aromatic heterocycles. The molecule has 0 atom stereocenters. The monoisotopic (exact) mass is 536 g/mol. The van der Waals surface area contributed by atoms with E-state index in [2.05, 4.69) is 127 Å². The number of hydrogen-bond acceptors (Lipinski definition) is 2. The topological polar surface area (TPSA) is 26.3 Å². The van der Waals surface area contributed by atoms with Crippen LogP contribution in [-0.4, -0.2) is 0 Å². The van der Waals surface area contributed by atoms with Crippen molar-refractivity contribution in [1.82, 2.24) is 0 Å². The highest BCUT2D eigenvalue weighted by atomic mass is 16.3. The van der Waals surface area contributed by atoms with Crippen molar-refractivity contribution in [3.63, 3.8) is 0 Å². The summed E-state index contributed by atoms with van der Waals surface area (Å²) in [6.07, 6.45) is 1.90. The van der Waals surface area contributed by atoms with Crippen LogP contribution in [-0.2, 0) is 0 Å². The largest absolute Gasteiger partial charge is 0.464 e. The first-order chi connectivity index (χ1) is 20.8. The van der Waals surface area contributed by atoms with Gasteiger partial charge in [-0.05, 0) is 68.1 Å². The van der Waals surface area contributed by atoms with Crippen molar-refractivity contribution in [3.05, 3.63) is 146 Å². The minimum absolute atomic E-state index is 0.823. The van der Waals surface area contributed by atoms with Crippen LogP contribution in [0.4, 0.5) is 0 Å². The van der Waals surface area contributed by atoms with Crippen LogP contribution in [0.5, 0.6) is 0 Å². The van der Waals surface area contributed by atoms with Crippen LogP contribution >= 0.6 is 0 Å². The number of rotatable bonds is 3. The molecule has 196 valence electrons. The van der Waals surface area contributed by atoms with Crippen molar-refractivity contribution in [1.29, 1.82) is 0 Å². The minimum atomic E-state index is 0.823. The van der Waals surface area contributed by atoms with Gasteiger partial charge in [0.2, 0.25) is 0 Å². The molecular formula is C40H24O2. The minimum Gasteiger partial charge on any atom is -0.464 e. The summed E-state index contributed by atoms with van der Waals surface area (Å²) in [6.45, 7) is 0. The molecule has 0 saturated carbocycles. The van der Waals surface area contributed by atoms with Gasteiger partial charge in [0.15, 0.2) is 0 Å². The van der Waals surface area contributed by atoms with Crippen LogP contribution in [0.25, 0.3) is 87.8 Å². The maximum atomic E-state index is 6.50. The van der Waals surface area contributed by atoms with E-state index in [4.69, 9.17) is 8.83 Å². The number of benzene rings is 7. The molecule has 9 aromatic rings. The third-order valence-electron chi connectivity index (χ3n) is 8.54. The molecule has 0 saturated heterocycles. The third kappa shape index (κ3) is 3.33. The lowest BCUT2D eigenvalue weighted by Gasteiger charge is -2.17. The first kappa shape index (κ1) is 23.1. The second-order valence-corrected chi connectivity index (χ2v) is 10.9. The zero-order valence-corrected chi connectivity index (χ0v) is 22.7. The smallest absolute Gasteiger partial charge is 0.147 e. The third-order valence-corrected chi connectivity index (χ3v) is 8.54. The molecule has 2 heterocycles. The molecule has 0 unspecified atom stereocenters. The molecule has 0 aliphatic heterocycles. The fourth-order valence-corrected chi connectivity index (χ4v) is 6.70. The van der Waals surface area contributed by atoms with Crippen LogP contribution in [0.3, 0.4) is 0 Å². The Morgan fingerprint density at radius 1 is 0.381 bits per heavy atom. The van der Waals surface area contributed by atoms with Gasteiger partial charge < -0.3 is 8.83 Å². The van der Waals surface area contributed by atoms with Gasteiger partial charge in [0.05, 0.1) is 11.6 Å². The molecule has 0 aliphatic rings. The molecular weight excluding hydrogens is 512 g/mol. The summed E-state index contributed by atoms with van der Waals surface area (Å²) in [6, 6.07) is 49.4. The van der Waals surface area contributed by atoms with E-state index in [1.807, 2.05) is 18.4 Å². The Labute approximate surface area is 242 Å². The van der Waals surface area contributed by atoms with Crippen molar-refractivity contribution in [2.75, 3.05) is 0 Å². The molecule has 0 amide bonds. The molecule has 2 heteroatoms. The summed E-state index contributed by atoms with van der Waals surface area (Å²) in [5.74, 6) is 0. The lowest BCUT2D eigenvalue weighted by molar-refractivity contribution is 0.616. The zero-order chi connectivity index (χ0) is 27.6. The molecule has 9 rings (SSSR count). The number of furan rings is 2. The van der Waals surface area contributed by atoms with Crippen molar-refractivity contribution >= 4 is 54.5 Å². The summed E-state index contributed by atoms with van der Waals surface area (Å²) in [5, 5.41) is 8.02. The van der Waals surface area contributed by atoms with Gasteiger partial charge in [-0.2, -0.15) is 0 Å². The van der Waals surface area contributed by atoms with Crippen LogP contribution in [0.15, 0.2) is 155 Å². The van der Waals surface area contributed by atoms with Gasteiger partial charge in [0.1, 0.15) is 16.7 Å². The second-order valence-electron chi connectivity index (χ2n) is 10.9. The standard InChI is InChI=1S/C40H24O2/c1-2-11-25(12-3-1)26-13-10-14-27(23-26)37-29-16-4-6-18-31(29)38(32-19-7-5-17-30(32)37)34-24-41-36-22-21-33-28-15-8-9-20-35(28)42-40(33)39(34)36/h1-24H. The lowest BCUT2D eigenvalue weighted by atomic mass is 9.85. The number of hydrogen-bond donors (Lipinski definition) is 0. The highest BCUT2D eigenvalue weighted by Crippen LogP contribution is 2.48. The van der Waals surface area contributed by atoms with Crippen molar-refractivity contribution < 1.29 is 8.83 Å². The van der Waals surface area contributed by atoms with Crippen molar-refractivity contribution in [2.45, 2.75) is 0 Å². The van der Waals surface area contributed by atoms with Gasteiger partial charge in [0.25, 0.3) is 0 Å².